The molecule has 2 rings (SSSR count). The van der Waals surface area contributed by atoms with Gasteiger partial charge in [-0.25, -0.2) is 0 Å². The number of hydrogen-bond acceptors (Lipinski definition) is 1. The van der Waals surface area contributed by atoms with E-state index in [9.17, 15) is 0 Å². The van der Waals surface area contributed by atoms with Gasteiger partial charge in [0, 0.05) is 6.04 Å². The van der Waals surface area contributed by atoms with Gasteiger partial charge in [-0.3, -0.25) is 0 Å². The second kappa shape index (κ2) is 4.36. The average molecular weight is 203 g/mol. The molecule has 0 aromatic heterocycles. The molecule has 1 nitrogen and oxygen atoms in total. The van der Waals surface area contributed by atoms with Crippen LogP contribution in [-0.4, -0.2) is 6.04 Å². The molecular formula is C14H21N. The highest BCUT2D eigenvalue weighted by molar-refractivity contribution is 5.36. The van der Waals surface area contributed by atoms with E-state index in [-0.39, 0.29) is 0 Å². The van der Waals surface area contributed by atoms with Crippen molar-refractivity contribution in [1.82, 2.24) is 0 Å². The maximum atomic E-state index is 6.21. The fraction of sp³-hybridized carbons (Fsp3) is 0.571. The van der Waals surface area contributed by atoms with Gasteiger partial charge in [0.25, 0.3) is 0 Å². The lowest BCUT2D eigenvalue weighted by molar-refractivity contribution is 0.428. The van der Waals surface area contributed by atoms with Crippen LogP contribution in [0.2, 0.25) is 0 Å². The van der Waals surface area contributed by atoms with Gasteiger partial charge in [0.1, 0.15) is 0 Å². The van der Waals surface area contributed by atoms with Gasteiger partial charge < -0.3 is 5.73 Å². The summed E-state index contributed by atoms with van der Waals surface area (Å²) in [6.07, 6.45) is 3.62. The Morgan fingerprint density at radius 1 is 1.27 bits per heavy atom. The van der Waals surface area contributed by atoms with Gasteiger partial charge in [-0.15, -0.1) is 0 Å². The van der Waals surface area contributed by atoms with Gasteiger partial charge in [-0.2, -0.15) is 0 Å². The highest BCUT2D eigenvalue weighted by Gasteiger charge is 2.27. The summed E-state index contributed by atoms with van der Waals surface area (Å²) in [7, 11) is 0. The molecule has 0 aliphatic heterocycles. The van der Waals surface area contributed by atoms with E-state index >= 15 is 0 Å². The van der Waals surface area contributed by atoms with E-state index in [1.807, 2.05) is 0 Å². The van der Waals surface area contributed by atoms with Gasteiger partial charge in [0.15, 0.2) is 0 Å². The number of benzene rings is 1. The third kappa shape index (κ3) is 1.93. The summed E-state index contributed by atoms with van der Waals surface area (Å²) in [5, 5.41) is 0. The molecule has 1 aliphatic carbocycles. The van der Waals surface area contributed by atoms with Crippen LogP contribution in [0.4, 0.5) is 0 Å². The third-order valence-corrected chi connectivity index (χ3v) is 3.83. The van der Waals surface area contributed by atoms with Crippen LogP contribution in [0.15, 0.2) is 24.3 Å². The third-order valence-electron chi connectivity index (χ3n) is 3.83. The molecule has 82 valence electrons. The zero-order valence-corrected chi connectivity index (χ0v) is 9.74. The molecule has 1 aromatic rings. The molecule has 0 spiro atoms. The van der Waals surface area contributed by atoms with E-state index in [2.05, 4.69) is 38.1 Å². The first-order chi connectivity index (χ1) is 7.24. The van der Waals surface area contributed by atoms with Crippen LogP contribution in [0.5, 0.6) is 0 Å². The number of hydrogen-bond donors (Lipinski definition) is 1. The topological polar surface area (TPSA) is 26.0 Å². The fourth-order valence-corrected chi connectivity index (χ4v) is 2.77. The molecule has 0 radical (unpaired) electrons. The Labute approximate surface area is 92.7 Å². The first kappa shape index (κ1) is 10.7. The van der Waals surface area contributed by atoms with Gasteiger partial charge >= 0.3 is 0 Å². The van der Waals surface area contributed by atoms with Gasteiger partial charge in [0.2, 0.25) is 0 Å². The zero-order chi connectivity index (χ0) is 10.8. The highest BCUT2D eigenvalue weighted by atomic mass is 14.6. The molecule has 1 aliphatic rings. The molecule has 1 aromatic carbocycles. The highest BCUT2D eigenvalue weighted by Crippen LogP contribution is 2.39. The minimum absolute atomic E-state index is 0.332. The van der Waals surface area contributed by atoms with Crippen molar-refractivity contribution in [3.05, 3.63) is 35.4 Å². The first-order valence-corrected chi connectivity index (χ1v) is 6.08. The summed E-state index contributed by atoms with van der Waals surface area (Å²) >= 11 is 0. The second-order valence-electron chi connectivity index (χ2n) is 4.79. The van der Waals surface area contributed by atoms with Crippen LogP contribution in [-0.2, 0) is 0 Å². The molecule has 3 unspecified atom stereocenters. The maximum Gasteiger partial charge on any atom is 0.0105 e. The van der Waals surface area contributed by atoms with E-state index in [1.165, 1.54) is 24.0 Å². The lowest BCUT2D eigenvalue weighted by atomic mass is 9.74. The zero-order valence-electron chi connectivity index (χ0n) is 9.74. The molecular weight excluding hydrogens is 182 g/mol. The average Bonchev–Trinajstić information content (AvgIpc) is 2.29. The van der Waals surface area contributed by atoms with E-state index in [4.69, 9.17) is 5.73 Å². The molecule has 0 bridgehead atoms. The summed E-state index contributed by atoms with van der Waals surface area (Å²) in [5.41, 5.74) is 9.24. The summed E-state index contributed by atoms with van der Waals surface area (Å²) in [6, 6.07) is 9.17. The van der Waals surface area contributed by atoms with E-state index in [1.54, 1.807) is 0 Å². The molecule has 0 heterocycles. The largest absolute Gasteiger partial charge is 0.327 e. The lowest BCUT2D eigenvalue weighted by Crippen LogP contribution is -2.30. The van der Waals surface area contributed by atoms with Crippen molar-refractivity contribution in [2.75, 3.05) is 0 Å². The predicted octanol–water partition coefficient (Wildman–Crippen LogP) is 3.40. The Hall–Kier alpha value is -0.820. The van der Waals surface area contributed by atoms with Crippen molar-refractivity contribution in [2.45, 2.75) is 51.0 Å². The van der Waals surface area contributed by atoms with Crippen LogP contribution in [0.25, 0.3) is 0 Å². The Bertz CT molecular complexity index is 332. The monoisotopic (exact) mass is 203 g/mol. The van der Waals surface area contributed by atoms with Crippen molar-refractivity contribution in [1.29, 1.82) is 0 Å². The smallest absolute Gasteiger partial charge is 0.0105 e. The molecule has 15 heavy (non-hydrogen) atoms. The van der Waals surface area contributed by atoms with Crippen LogP contribution in [0, 0.1) is 0 Å². The minimum atomic E-state index is 0.332. The minimum Gasteiger partial charge on any atom is -0.327 e. The molecule has 0 saturated heterocycles. The van der Waals surface area contributed by atoms with Crippen molar-refractivity contribution >= 4 is 0 Å². The normalized spacial score (nSPS) is 27.1. The maximum absolute atomic E-state index is 6.21. The van der Waals surface area contributed by atoms with Crippen molar-refractivity contribution in [3.8, 4) is 0 Å². The second-order valence-corrected chi connectivity index (χ2v) is 4.79. The van der Waals surface area contributed by atoms with Crippen LogP contribution < -0.4 is 5.73 Å². The summed E-state index contributed by atoms with van der Waals surface area (Å²) in [4.78, 5) is 0. The summed E-state index contributed by atoms with van der Waals surface area (Å²) in [5.74, 6) is 1.30. The number of fused-ring (bicyclic) bond motifs is 1. The quantitative estimate of drug-likeness (QED) is 0.783. The van der Waals surface area contributed by atoms with Crippen molar-refractivity contribution in [2.24, 2.45) is 5.73 Å². The molecule has 0 saturated carbocycles. The fourth-order valence-electron chi connectivity index (χ4n) is 2.77. The van der Waals surface area contributed by atoms with Crippen LogP contribution in [0.1, 0.15) is 56.1 Å². The molecule has 0 amide bonds. The van der Waals surface area contributed by atoms with Crippen molar-refractivity contribution < 1.29 is 0 Å². The molecule has 1 heteroatoms. The van der Waals surface area contributed by atoms with Crippen LogP contribution >= 0.6 is 0 Å². The summed E-state index contributed by atoms with van der Waals surface area (Å²) < 4.78 is 0. The Kier molecular flexibility index (Phi) is 3.11. The van der Waals surface area contributed by atoms with Crippen LogP contribution in [0.3, 0.4) is 0 Å². The first-order valence-electron chi connectivity index (χ1n) is 6.08. The molecule has 2 N–H and O–H groups in total. The Balaban J connectivity index is 2.36. The van der Waals surface area contributed by atoms with E-state index in [0.29, 0.717) is 17.9 Å². The lowest BCUT2D eigenvalue weighted by Gasteiger charge is -2.33. The number of nitrogens with two attached hydrogens (primary N) is 1. The van der Waals surface area contributed by atoms with Gasteiger partial charge in [0.05, 0.1) is 0 Å². The predicted molar refractivity (Wildman–Crippen MR) is 65.1 cm³/mol. The molecule has 0 fully saturated rings. The van der Waals surface area contributed by atoms with E-state index < -0.39 is 0 Å². The van der Waals surface area contributed by atoms with E-state index in [0.717, 1.165) is 6.42 Å². The number of rotatable bonds is 2. The Morgan fingerprint density at radius 3 is 2.60 bits per heavy atom. The van der Waals surface area contributed by atoms with Crippen molar-refractivity contribution in [3.63, 3.8) is 0 Å². The SMILES string of the molecule is CCC(N)C1CCC(C)c2ccccc21. The Morgan fingerprint density at radius 2 is 1.93 bits per heavy atom. The van der Waals surface area contributed by atoms with Gasteiger partial charge in [-0.1, -0.05) is 38.1 Å². The summed E-state index contributed by atoms with van der Waals surface area (Å²) in [6.45, 7) is 4.51. The molecule has 3 atom stereocenters. The van der Waals surface area contributed by atoms with Gasteiger partial charge in [-0.05, 0) is 42.2 Å². The standard InChI is InChI=1S/C14H21N/c1-3-14(15)13-9-8-10(2)11-6-4-5-7-12(11)13/h4-7,10,13-14H,3,8-9,15H2,1-2H3.